The maximum Gasteiger partial charge on any atom is 0.234 e. The summed E-state index contributed by atoms with van der Waals surface area (Å²) in [6.07, 6.45) is 6.82. The number of likely N-dealkylation sites (tertiary alicyclic amines) is 1. The Balaban J connectivity index is 1.43. The summed E-state index contributed by atoms with van der Waals surface area (Å²) < 4.78 is 0. The Kier molecular flexibility index (Phi) is 8.29. The average molecular weight is 472 g/mol. The van der Waals surface area contributed by atoms with Crippen LogP contribution in [0.25, 0.3) is 10.8 Å². The van der Waals surface area contributed by atoms with Crippen LogP contribution in [0.15, 0.2) is 60.8 Å². The maximum absolute atomic E-state index is 13.4. The van der Waals surface area contributed by atoms with Crippen molar-refractivity contribution in [2.75, 3.05) is 6.54 Å². The van der Waals surface area contributed by atoms with Crippen LogP contribution in [0.3, 0.4) is 0 Å². The van der Waals surface area contributed by atoms with Gasteiger partial charge in [-0.2, -0.15) is 0 Å². The molecule has 0 saturated carbocycles. The van der Waals surface area contributed by atoms with Crippen molar-refractivity contribution < 1.29 is 9.59 Å². The van der Waals surface area contributed by atoms with Gasteiger partial charge >= 0.3 is 0 Å². The van der Waals surface area contributed by atoms with Crippen molar-refractivity contribution in [1.29, 1.82) is 0 Å². The van der Waals surface area contributed by atoms with Gasteiger partial charge in [0.15, 0.2) is 5.78 Å². The van der Waals surface area contributed by atoms with E-state index >= 15 is 0 Å². The van der Waals surface area contributed by atoms with E-state index in [1.165, 1.54) is 6.42 Å². The number of amides is 1. The van der Waals surface area contributed by atoms with Crippen LogP contribution in [0.5, 0.6) is 0 Å². The minimum Gasteiger partial charge on any atom is -0.345 e. The summed E-state index contributed by atoms with van der Waals surface area (Å²) in [7, 11) is 0. The van der Waals surface area contributed by atoms with Gasteiger partial charge in [-0.1, -0.05) is 55.0 Å². The highest BCUT2D eigenvalue weighted by Crippen LogP contribution is 2.22. The van der Waals surface area contributed by atoms with E-state index in [2.05, 4.69) is 47.2 Å². The second-order valence-corrected chi connectivity index (χ2v) is 10.0. The first-order valence-corrected chi connectivity index (χ1v) is 12.9. The number of hydrogen-bond acceptors (Lipinski definition) is 4. The molecule has 5 heteroatoms. The van der Waals surface area contributed by atoms with Crippen LogP contribution in [0.4, 0.5) is 0 Å². The number of benzene rings is 2. The van der Waals surface area contributed by atoms with E-state index in [1.54, 1.807) is 0 Å². The molecule has 0 unspecified atom stereocenters. The first kappa shape index (κ1) is 25.1. The van der Waals surface area contributed by atoms with Gasteiger partial charge in [-0.15, -0.1) is 0 Å². The smallest absolute Gasteiger partial charge is 0.234 e. The third kappa shape index (κ3) is 6.55. The SMILES string of the molecule is Cc1nccc2cc(CCC(=O)[C@H](Cc3ccccc3)NC(=O)CN3[C@H](C)CCC[C@@H]3C)ccc12. The summed E-state index contributed by atoms with van der Waals surface area (Å²) in [5, 5.41) is 5.37. The Labute approximate surface area is 208 Å². The fraction of sp³-hybridized carbons (Fsp3) is 0.433. The number of carbonyl (C=O) groups excluding carboxylic acids is 2. The van der Waals surface area contributed by atoms with Crippen molar-refractivity contribution in [2.45, 2.75) is 77.4 Å². The lowest BCUT2D eigenvalue weighted by Crippen LogP contribution is -2.51. The zero-order valence-electron chi connectivity index (χ0n) is 21.2. The Hall–Kier alpha value is -3.05. The molecule has 1 N–H and O–H groups in total. The quantitative estimate of drug-likeness (QED) is 0.475. The first-order chi connectivity index (χ1) is 16.9. The molecule has 4 rings (SSSR count). The lowest BCUT2D eigenvalue weighted by Gasteiger charge is -2.38. The molecule has 0 spiro atoms. The van der Waals surface area contributed by atoms with Gasteiger partial charge in [0.1, 0.15) is 0 Å². The lowest BCUT2D eigenvalue weighted by molar-refractivity contribution is -0.129. The number of fused-ring (bicyclic) bond motifs is 1. The number of nitrogens with one attached hydrogen (secondary N) is 1. The minimum absolute atomic E-state index is 0.0615. The monoisotopic (exact) mass is 471 g/mol. The zero-order valence-corrected chi connectivity index (χ0v) is 21.2. The number of aryl methyl sites for hydroxylation is 2. The van der Waals surface area contributed by atoms with E-state index in [0.29, 0.717) is 37.9 Å². The second kappa shape index (κ2) is 11.6. The second-order valence-electron chi connectivity index (χ2n) is 10.0. The molecule has 2 aromatic carbocycles. The summed E-state index contributed by atoms with van der Waals surface area (Å²) in [4.78, 5) is 33.0. The first-order valence-electron chi connectivity index (χ1n) is 12.9. The van der Waals surface area contributed by atoms with Gasteiger partial charge in [-0.05, 0) is 69.0 Å². The van der Waals surface area contributed by atoms with Gasteiger partial charge in [0.05, 0.1) is 12.6 Å². The van der Waals surface area contributed by atoms with Gasteiger partial charge in [0.25, 0.3) is 0 Å². The topological polar surface area (TPSA) is 62.3 Å². The molecule has 1 fully saturated rings. The summed E-state index contributed by atoms with van der Waals surface area (Å²) in [5.41, 5.74) is 3.19. The van der Waals surface area contributed by atoms with E-state index in [0.717, 1.165) is 40.4 Å². The molecule has 1 saturated heterocycles. The molecule has 35 heavy (non-hydrogen) atoms. The number of Topliss-reactive ketones (excluding diaryl/α,β-unsaturated/α-hetero) is 1. The Morgan fingerprint density at radius 1 is 1.03 bits per heavy atom. The van der Waals surface area contributed by atoms with E-state index < -0.39 is 6.04 Å². The number of ketones is 1. The minimum atomic E-state index is -0.521. The van der Waals surface area contributed by atoms with Crippen molar-refractivity contribution in [2.24, 2.45) is 0 Å². The highest BCUT2D eigenvalue weighted by Gasteiger charge is 2.28. The number of pyridine rings is 1. The number of piperidine rings is 1. The molecule has 1 amide bonds. The highest BCUT2D eigenvalue weighted by molar-refractivity contribution is 5.90. The van der Waals surface area contributed by atoms with Crippen molar-refractivity contribution in [1.82, 2.24) is 15.2 Å². The fourth-order valence-corrected chi connectivity index (χ4v) is 5.26. The number of hydrogen-bond donors (Lipinski definition) is 1. The van der Waals surface area contributed by atoms with Gasteiger partial charge in [0, 0.05) is 35.8 Å². The Morgan fingerprint density at radius 3 is 2.51 bits per heavy atom. The van der Waals surface area contributed by atoms with Crippen molar-refractivity contribution >= 4 is 22.5 Å². The molecular weight excluding hydrogens is 434 g/mol. The third-order valence-electron chi connectivity index (χ3n) is 7.40. The van der Waals surface area contributed by atoms with Crippen molar-refractivity contribution in [3.05, 3.63) is 77.6 Å². The molecule has 0 radical (unpaired) electrons. The molecule has 0 aliphatic carbocycles. The molecule has 184 valence electrons. The molecule has 3 aromatic rings. The van der Waals surface area contributed by atoms with E-state index in [9.17, 15) is 9.59 Å². The normalized spacial score (nSPS) is 19.4. The van der Waals surface area contributed by atoms with Crippen molar-refractivity contribution in [3.8, 4) is 0 Å². The zero-order chi connectivity index (χ0) is 24.8. The fourth-order valence-electron chi connectivity index (χ4n) is 5.26. The van der Waals surface area contributed by atoms with Crippen LogP contribution >= 0.6 is 0 Å². The van der Waals surface area contributed by atoms with Crippen LogP contribution in [-0.4, -0.2) is 46.2 Å². The van der Waals surface area contributed by atoms with Gasteiger partial charge in [0.2, 0.25) is 5.91 Å². The third-order valence-corrected chi connectivity index (χ3v) is 7.40. The van der Waals surface area contributed by atoms with E-state index in [-0.39, 0.29) is 11.7 Å². The molecule has 2 heterocycles. The summed E-state index contributed by atoms with van der Waals surface area (Å²) in [6, 6.07) is 18.5. The molecule has 1 aliphatic rings. The van der Waals surface area contributed by atoms with Gasteiger partial charge in [-0.3, -0.25) is 19.5 Å². The van der Waals surface area contributed by atoms with Crippen LogP contribution in [0.2, 0.25) is 0 Å². The Bertz CT molecular complexity index is 1150. The molecule has 3 atom stereocenters. The summed E-state index contributed by atoms with van der Waals surface area (Å²) in [5.74, 6) is 0.0153. The van der Waals surface area contributed by atoms with E-state index in [4.69, 9.17) is 0 Å². The molecular formula is C30H37N3O2. The molecule has 5 nitrogen and oxygen atoms in total. The maximum atomic E-state index is 13.4. The number of nitrogens with zero attached hydrogens (tertiary/aromatic N) is 2. The van der Waals surface area contributed by atoms with Crippen LogP contribution in [-0.2, 0) is 22.4 Å². The van der Waals surface area contributed by atoms with E-state index in [1.807, 2.05) is 49.5 Å². The highest BCUT2D eigenvalue weighted by atomic mass is 16.2. The average Bonchev–Trinajstić information content (AvgIpc) is 2.85. The molecule has 0 bridgehead atoms. The van der Waals surface area contributed by atoms with Gasteiger partial charge in [-0.25, -0.2) is 0 Å². The van der Waals surface area contributed by atoms with Crippen LogP contribution in [0, 0.1) is 6.92 Å². The molecule has 1 aromatic heterocycles. The summed E-state index contributed by atoms with van der Waals surface area (Å²) in [6.45, 7) is 6.74. The van der Waals surface area contributed by atoms with Gasteiger partial charge < -0.3 is 5.32 Å². The van der Waals surface area contributed by atoms with Crippen LogP contribution < -0.4 is 5.32 Å². The Morgan fingerprint density at radius 2 is 1.77 bits per heavy atom. The predicted molar refractivity (Wildman–Crippen MR) is 141 cm³/mol. The van der Waals surface area contributed by atoms with Crippen molar-refractivity contribution in [3.63, 3.8) is 0 Å². The summed E-state index contributed by atoms with van der Waals surface area (Å²) >= 11 is 0. The number of aromatic nitrogens is 1. The van der Waals surface area contributed by atoms with Crippen LogP contribution in [0.1, 0.15) is 56.4 Å². The number of rotatable bonds is 9. The number of carbonyl (C=O) groups is 2. The largest absolute Gasteiger partial charge is 0.345 e. The standard InChI is InChI=1S/C30H37N3O2/c1-21-8-7-9-22(2)33(21)20-30(35)32-28(19-24-10-5-4-6-11-24)29(34)15-13-25-12-14-27-23(3)31-17-16-26(27)18-25/h4-6,10-12,14,16-18,21-22,28H,7-9,13,15,19-20H2,1-3H3,(H,32,35)/t21-,22+,28-/m0/s1. The molecule has 1 aliphatic heterocycles. The predicted octanol–water partition coefficient (Wildman–Crippen LogP) is 5.04. The lowest BCUT2D eigenvalue weighted by atomic mass is 9.96.